The molecule has 1 aliphatic heterocycles. The average molecular weight is 369 g/mol. The molecule has 27 heavy (non-hydrogen) atoms. The van der Waals surface area contributed by atoms with E-state index in [1.165, 1.54) is 0 Å². The van der Waals surface area contributed by atoms with E-state index in [2.05, 4.69) is 5.32 Å². The van der Waals surface area contributed by atoms with Crippen molar-refractivity contribution < 1.29 is 19.0 Å². The van der Waals surface area contributed by atoms with Crippen LogP contribution < -0.4 is 14.8 Å². The molecule has 1 heterocycles. The van der Waals surface area contributed by atoms with E-state index in [1.54, 1.807) is 6.07 Å². The molecule has 2 aromatic carbocycles. The van der Waals surface area contributed by atoms with E-state index in [9.17, 15) is 4.79 Å². The van der Waals surface area contributed by atoms with Crippen LogP contribution in [0, 0.1) is 6.92 Å². The Bertz CT molecular complexity index is 769. The molecular formula is C22H27NO4. The van der Waals surface area contributed by atoms with Crippen molar-refractivity contribution in [2.75, 3.05) is 19.8 Å². The number of rotatable bonds is 8. The van der Waals surface area contributed by atoms with Crippen molar-refractivity contribution in [1.82, 2.24) is 5.32 Å². The number of carbonyl (C=O) groups excluding carboxylic acids is 1. The van der Waals surface area contributed by atoms with Crippen molar-refractivity contribution in [2.24, 2.45) is 0 Å². The zero-order valence-electron chi connectivity index (χ0n) is 16.0. The van der Waals surface area contributed by atoms with Crippen LogP contribution in [0.25, 0.3) is 0 Å². The molecule has 144 valence electrons. The maximum Gasteiger partial charge on any atom is 0.251 e. The molecule has 0 bridgehead atoms. The molecule has 0 aliphatic carbocycles. The predicted molar refractivity (Wildman–Crippen MR) is 104 cm³/mol. The monoisotopic (exact) mass is 369 g/mol. The number of hydrogen-bond donors (Lipinski definition) is 1. The Morgan fingerprint density at radius 3 is 2.85 bits per heavy atom. The van der Waals surface area contributed by atoms with E-state index in [1.807, 2.05) is 50.2 Å². The molecule has 1 unspecified atom stereocenters. The summed E-state index contributed by atoms with van der Waals surface area (Å²) < 4.78 is 17.2. The first-order chi connectivity index (χ1) is 13.2. The number of nitrogens with one attached hydrogen (secondary N) is 1. The van der Waals surface area contributed by atoms with Gasteiger partial charge in [0.25, 0.3) is 5.91 Å². The quantitative estimate of drug-likeness (QED) is 0.767. The SMILES string of the molecule is CCOc1ccc(C(=O)NCC2CCCO2)cc1COc1cccc(C)c1. The lowest BCUT2D eigenvalue weighted by molar-refractivity contribution is 0.0857. The number of hydrogen-bond acceptors (Lipinski definition) is 4. The highest BCUT2D eigenvalue weighted by Gasteiger charge is 2.17. The Morgan fingerprint density at radius 2 is 2.11 bits per heavy atom. The van der Waals surface area contributed by atoms with Gasteiger partial charge in [-0.1, -0.05) is 12.1 Å². The Hall–Kier alpha value is -2.53. The van der Waals surface area contributed by atoms with Crippen molar-refractivity contribution in [3.05, 3.63) is 59.2 Å². The molecule has 0 spiro atoms. The third kappa shape index (κ3) is 5.47. The van der Waals surface area contributed by atoms with Crippen LogP contribution >= 0.6 is 0 Å². The maximum atomic E-state index is 12.5. The van der Waals surface area contributed by atoms with E-state index in [0.29, 0.717) is 25.3 Å². The third-order valence-corrected chi connectivity index (χ3v) is 4.52. The molecule has 5 nitrogen and oxygen atoms in total. The first kappa shape index (κ1) is 19.2. The van der Waals surface area contributed by atoms with Gasteiger partial charge in [0.2, 0.25) is 0 Å². The summed E-state index contributed by atoms with van der Waals surface area (Å²) in [5.41, 5.74) is 2.59. The van der Waals surface area contributed by atoms with Crippen molar-refractivity contribution in [3.8, 4) is 11.5 Å². The summed E-state index contributed by atoms with van der Waals surface area (Å²) in [6.45, 7) is 6.18. The predicted octanol–water partition coefficient (Wildman–Crippen LogP) is 3.88. The maximum absolute atomic E-state index is 12.5. The molecule has 2 aromatic rings. The van der Waals surface area contributed by atoms with Gasteiger partial charge in [0, 0.05) is 24.3 Å². The van der Waals surface area contributed by atoms with Gasteiger partial charge in [-0.3, -0.25) is 4.79 Å². The Morgan fingerprint density at radius 1 is 1.22 bits per heavy atom. The van der Waals surface area contributed by atoms with Crippen LogP contribution in [0.1, 0.15) is 41.3 Å². The normalized spacial score (nSPS) is 16.1. The highest BCUT2D eigenvalue weighted by Crippen LogP contribution is 2.23. The van der Waals surface area contributed by atoms with Crippen molar-refractivity contribution >= 4 is 5.91 Å². The van der Waals surface area contributed by atoms with E-state index < -0.39 is 0 Å². The van der Waals surface area contributed by atoms with Crippen LogP contribution in [0.5, 0.6) is 11.5 Å². The lowest BCUT2D eigenvalue weighted by Gasteiger charge is -2.14. The fraction of sp³-hybridized carbons (Fsp3) is 0.409. The number of aryl methyl sites for hydroxylation is 1. The summed E-state index contributed by atoms with van der Waals surface area (Å²) in [5.74, 6) is 1.43. The van der Waals surface area contributed by atoms with Crippen LogP contribution in [-0.2, 0) is 11.3 Å². The van der Waals surface area contributed by atoms with Gasteiger partial charge in [-0.05, 0) is 62.6 Å². The Kier molecular flexibility index (Phi) is 6.71. The van der Waals surface area contributed by atoms with E-state index >= 15 is 0 Å². The standard InChI is InChI=1S/C22H27NO4/c1-3-25-21-10-9-17(22(24)23-14-20-8-5-11-26-20)13-18(21)15-27-19-7-4-6-16(2)12-19/h4,6-7,9-10,12-13,20H,3,5,8,11,14-15H2,1-2H3,(H,23,24). The second-order valence-corrected chi connectivity index (χ2v) is 6.71. The van der Waals surface area contributed by atoms with Crippen molar-refractivity contribution in [3.63, 3.8) is 0 Å². The van der Waals surface area contributed by atoms with Gasteiger partial charge < -0.3 is 19.5 Å². The van der Waals surface area contributed by atoms with Crippen molar-refractivity contribution in [2.45, 2.75) is 39.4 Å². The molecule has 1 amide bonds. The Balaban J connectivity index is 1.68. The number of ether oxygens (including phenoxy) is 3. The molecule has 1 saturated heterocycles. The molecular weight excluding hydrogens is 342 g/mol. The number of amides is 1. The summed E-state index contributed by atoms with van der Waals surface area (Å²) in [6, 6.07) is 13.3. The molecule has 1 aliphatic rings. The van der Waals surface area contributed by atoms with Crippen molar-refractivity contribution in [1.29, 1.82) is 0 Å². The molecule has 0 saturated carbocycles. The minimum atomic E-state index is -0.106. The topological polar surface area (TPSA) is 56.8 Å². The van der Waals surface area contributed by atoms with Gasteiger partial charge in [-0.2, -0.15) is 0 Å². The second-order valence-electron chi connectivity index (χ2n) is 6.71. The van der Waals surface area contributed by atoms with Gasteiger partial charge in [0.15, 0.2) is 0 Å². The second kappa shape index (κ2) is 9.42. The van der Waals surface area contributed by atoms with Gasteiger partial charge in [0.1, 0.15) is 18.1 Å². The number of benzene rings is 2. The van der Waals surface area contributed by atoms with Crippen LogP contribution in [0.2, 0.25) is 0 Å². The smallest absolute Gasteiger partial charge is 0.251 e. The molecule has 1 N–H and O–H groups in total. The minimum absolute atomic E-state index is 0.106. The summed E-state index contributed by atoms with van der Waals surface area (Å²) in [4.78, 5) is 12.5. The first-order valence-corrected chi connectivity index (χ1v) is 9.50. The zero-order chi connectivity index (χ0) is 19.1. The molecule has 3 rings (SSSR count). The highest BCUT2D eigenvalue weighted by atomic mass is 16.5. The minimum Gasteiger partial charge on any atom is -0.493 e. The largest absolute Gasteiger partial charge is 0.493 e. The van der Waals surface area contributed by atoms with Gasteiger partial charge in [-0.25, -0.2) is 0 Å². The fourth-order valence-corrected chi connectivity index (χ4v) is 3.11. The zero-order valence-corrected chi connectivity index (χ0v) is 16.0. The first-order valence-electron chi connectivity index (χ1n) is 9.50. The molecule has 1 fully saturated rings. The highest BCUT2D eigenvalue weighted by molar-refractivity contribution is 5.94. The molecule has 5 heteroatoms. The molecule has 0 aromatic heterocycles. The van der Waals surface area contributed by atoms with Crippen LogP contribution in [0.15, 0.2) is 42.5 Å². The fourth-order valence-electron chi connectivity index (χ4n) is 3.11. The van der Waals surface area contributed by atoms with Crippen LogP contribution in [0.4, 0.5) is 0 Å². The summed E-state index contributed by atoms with van der Waals surface area (Å²) in [7, 11) is 0. The summed E-state index contributed by atoms with van der Waals surface area (Å²) in [5, 5.41) is 2.96. The van der Waals surface area contributed by atoms with E-state index in [4.69, 9.17) is 14.2 Å². The van der Waals surface area contributed by atoms with Crippen LogP contribution in [0.3, 0.4) is 0 Å². The molecule has 0 radical (unpaired) electrons. The van der Waals surface area contributed by atoms with E-state index in [0.717, 1.165) is 42.1 Å². The lowest BCUT2D eigenvalue weighted by Crippen LogP contribution is -2.31. The third-order valence-electron chi connectivity index (χ3n) is 4.52. The summed E-state index contributed by atoms with van der Waals surface area (Å²) in [6.07, 6.45) is 2.18. The van der Waals surface area contributed by atoms with Crippen LogP contribution in [-0.4, -0.2) is 31.8 Å². The number of carbonyl (C=O) groups is 1. The lowest BCUT2D eigenvalue weighted by atomic mass is 10.1. The van der Waals surface area contributed by atoms with Gasteiger partial charge in [-0.15, -0.1) is 0 Å². The van der Waals surface area contributed by atoms with Gasteiger partial charge >= 0.3 is 0 Å². The Labute approximate surface area is 160 Å². The van der Waals surface area contributed by atoms with Gasteiger partial charge in [0.05, 0.1) is 12.7 Å². The average Bonchev–Trinajstić information content (AvgIpc) is 3.19. The molecule has 1 atom stereocenters. The van der Waals surface area contributed by atoms with E-state index in [-0.39, 0.29) is 12.0 Å². The summed E-state index contributed by atoms with van der Waals surface area (Å²) >= 11 is 0.